The summed E-state index contributed by atoms with van der Waals surface area (Å²) < 4.78 is 11.7. The van der Waals surface area contributed by atoms with Gasteiger partial charge in [-0.05, 0) is 105 Å². The second kappa shape index (κ2) is 4.96. The number of allylic oxidation sites excluding steroid dienone is 1. The molecule has 5 saturated carbocycles. The van der Waals surface area contributed by atoms with Crippen LogP contribution in [0.3, 0.4) is 0 Å². The van der Waals surface area contributed by atoms with Gasteiger partial charge in [-0.25, -0.2) is 0 Å². The van der Waals surface area contributed by atoms with Crippen LogP contribution in [-0.4, -0.2) is 18.9 Å². The average molecular weight is 354 g/mol. The molecule has 140 valence electrons. The van der Waals surface area contributed by atoms with Gasteiger partial charge in [-0.2, -0.15) is 0 Å². The fourth-order valence-electron chi connectivity index (χ4n) is 9.26. The lowest BCUT2D eigenvalue weighted by Crippen LogP contribution is -2.40. The van der Waals surface area contributed by atoms with Crippen molar-refractivity contribution in [2.45, 2.75) is 70.5 Å². The van der Waals surface area contributed by atoms with Crippen LogP contribution < -0.4 is 0 Å². The lowest BCUT2D eigenvalue weighted by atomic mass is 9.62. The maximum atomic E-state index is 13.4. The van der Waals surface area contributed by atoms with E-state index in [1.54, 1.807) is 11.1 Å². The highest BCUT2D eigenvalue weighted by Gasteiger charge is 2.70. The van der Waals surface area contributed by atoms with Gasteiger partial charge in [0.1, 0.15) is 0 Å². The van der Waals surface area contributed by atoms with Crippen molar-refractivity contribution < 1.29 is 14.3 Å². The third-order valence-corrected chi connectivity index (χ3v) is 9.82. The van der Waals surface area contributed by atoms with Gasteiger partial charge in [0.25, 0.3) is 0 Å². The van der Waals surface area contributed by atoms with Gasteiger partial charge in [-0.1, -0.05) is 5.57 Å². The molecule has 0 amide bonds. The minimum absolute atomic E-state index is 0.0872. The lowest BCUT2D eigenvalue weighted by Gasteiger charge is -2.42. The summed E-state index contributed by atoms with van der Waals surface area (Å²) in [5.74, 6) is 6.33. The zero-order valence-corrected chi connectivity index (χ0v) is 15.6. The van der Waals surface area contributed by atoms with Crippen molar-refractivity contribution in [2.75, 3.05) is 6.61 Å². The summed E-state index contributed by atoms with van der Waals surface area (Å²) >= 11 is 0. The highest BCUT2D eigenvalue weighted by atomic mass is 16.7. The summed E-state index contributed by atoms with van der Waals surface area (Å²) in [6, 6.07) is 0. The Bertz CT molecular complexity index is 704. The number of esters is 1. The van der Waals surface area contributed by atoms with Crippen molar-refractivity contribution in [2.24, 2.45) is 46.8 Å². The molecule has 3 nitrogen and oxygen atoms in total. The van der Waals surface area contributed by atoms with E-state index in [-0.39, 0.29) is 17.7 Å². The zero-order chi connectivity index (χ0) is 17.0. The number of carbonyl (C=O) groups is 1. The Balaban J connectivity index is 1.26. The predicted octanol–water partition coefficient (Wildman–Crippen LogP) is 4.46. The largest absolute Gasteiger partial charge is 0.435 e. The molecule has 1 heterocycles. The van der Waals surface area contributed by atoms with Gasteiger partial charge >= 0.3 is 5.97 Å². The van der Waals surface area contributed by atoms with Crippen LogP contribution in [0, 0.1) is 46.8 Å². The molecule has 0 spiro atoms. The Morgan fingerprint density at radius 3 is 2.85 bits per heavy atom. The minimum Gasteiger partial charge on any atom is -0.435 e. The average Bonchev–Trinajstić information content (AvgIpc) is 3.48. The van der Waals surface area contributed by atoms with Crippen LogP contribution in [0.2, 0.25) is 0 Å². The monoisotopic (exact) mass is 354 g/mol. The number of rotatable bonds is 2. The zero-order valence-electron chi connectivity index (χ0n) is 15.6. The fraction of sp³-hybridized carbons (Fsp3) is 0.870. The standard InChI is InChI=1S/C23H30O3/c24-22(26-17-3-1-2-8-25-17)23-7-6-14(11-23)20-15-10-16(21(20)23)19-13-5-4-12(9-13)18(15)19/h12-15,17-20H,1-11H2. The first-order valence-electron chi connectivity index (χ1n) is 11.3. The molecule has 1 saturated heterocycles. The lowest BCUT2D eigenvalue weighted by molar-refractivity contribution is -0.195. The topological polar surface area (TPSA) is 35.5 Å². The van der Waals surface area contributed by atoms with E-state index in [1.165, 1.54) is 32.1 Å². The van der Waals surface area contributed by atoms with E-state index < -0.39 is 0 Å². The Kier molecular flexibility index (Phi) is 2.88. The van der Waals surface area contributed by atoms with E-state index in [4.69, 9.17) is 9.47 Å². The van der Waals surface area contributed by atoms with E-state index in [9.17, 15) is 4.79 Å². The van der Waals surface area contributed by atoms with Crippen molar-refractivity contribution in [3.8, 4) is 0 Å². The van der Waals surface area contributed by atoms with Crippen molar-refractivity contribution in [1.29, 1.82) is 0 Å². The second-order valence-electron chi connectivity index (χ2n) is 10.6. The van der Waals surface area contributed by atoms with Crippen LogP contribution in [0.4, 0.5) is 0 Å². The van der Waals surface area contributed by atoms with Crippen molar-refractivity contribution in [3.63, 3.8) is 0 Å². The van der Waals surface area contributed by atoms with Crippen molar-refractivity contribution in [1.82, 2.24) is 0 Å². The maximum absolute atomic E-state index is 13.4. The van der Waals surface area contributed by atoms with Crippen LogP contribution in [0.15, 0.2) is 11.1 Å². The van der Waals surface area contributed by atoms with Gasteiger partial charge < -0.3 is 9.47 Å². The van der Waals surface area contributed by atoms with Gasteiger partial charge in [0.2, 0.25) is 6.29 Å². The SMILES string of the molecule is O=C(OC1CCCCO1)C12CCC(C1)C1C2=C2CC1C1C3CCC(C3)C21. The molecule has 1 aliphatic heterocycles. The van der Waals surface area contributed by atoms with E-state index in [2.05, 4.69) is 0 Å². The number of carbonyl (C=O) groups excluding carboxylic acids is 1. The van der Waals surface area contributed by atoms with Crippen molar-refractivity contribution in [3.05, 3.63) is 11.1 Å². The predicted molar refractivity (Wildman–Crippen MR) is 95.9 cm³/mol. The third kappa shape index (κ3) is 1.65. The Labute approximate surface area is 155 Å². The normalized spacial score (nSPS) is 55.5. The molecule has 26 heavy (non-hydrogen) atoms. The summed E-state index contributed by atoms with van der Waals surface area (Å²) in [5, 5.41) is 0. The molecule has 6 bridgehead atoms. The molecule has 0 radical (unpaired) electrons. The molecule has 7 rings (SSSR count). The van der Waals surface area contributed by atoms with E-state index >= 15 is 0 Å². The Morgan fingerprint density at radius 2 is 1.96 bits per heavy atom. The summed E-state index contributed by atoms with van der Waals surface area (Å²) in [5.41, 5.74) is 3.17. The molecular weight excluding hydrogens is 324 g/mol. The Hall–Kier alpha value is -0.830. The van der Waals surface area contributed by atoms with Gasteiger partial charge in [0, 0.05) is 6.42 Å². The summed E-state index contributed by atoms with van der Waals surface area (Å²) in [6.45, 7) is 0.749. The minimum atomic E-state index is -0.275. The molecule has 0 aromatic heterocycles. The number of fused-ring (bicyclic) bond motifs is 15. The molecular formula is C23H30O3. The van der Waals surface area contributed by atoms with Crippen LogP contribution in [0.1, 0.15) is 64.2 Å². The van der Waals surface area contributed by atoms with Crippen LogP contribution in [-0.2, 0) is 14.3 Å². The maximum Gasteiger partial charge on any atom is 0.318 e. The first-order valence-corrected chi connectivity index (χ1v) is 11.3. The van der Waals surface area contributed by atoms with Crippen LogP contribution >= 0.6 is 0 Å². The van der Waals surface area contributed by atoms with E-state index in [0.717, 1.165) is 80.1 Å². The number of hydrogen-bond acceptors (Lipinski definition) is 3. The van der Waals surface area contributed by atoms with Gasteiger partial charge in [-0.3, -0.25) is 4.79 Å². The highest BCUT2D eigenvalue weighted by Crippen LogP contribution is 2.76. The molecule has 6 aliphatic carbocycles. The Morgan fingerprint density at radius 1 is 1.04 bits per heavy atom. The van der Waals surface area contributed by atoms with E-state index in [1.807, 2.05) is 0 Å². The van der Waals surface area contributed by atoms with E-state index in [0.29, 0.717) is 0 Å². The second-order valence-corrected chi connectivity index (χ2v) is 10.6. The van der Waals surface area contributed by atoms with Crippen molar-refractivity contribution >= 4 is 5.97 Å². The third-order valence-electron chi connectivity index (χ3n) is 9.82. The van der Waals surface area contributed by atoms with Gasteiger partial charge in [-0.15, -0.1) is 0 Å². The smallest absolute Gasteiger partial charge is 0.318 e. The van der Waals surface area contributed by atoms with Gasteiger partial charge in [0.15, 0.2) is 0 Å². The molecule has 6 fully saturated rings. The molecule has 3 heteroatoms. The first-order chi connectivity index (χ1) is 12.8. The quantitative estimate of drug-likeness (QED) is 0.417. The molecule has 0 aromatic carbocycles. The molecule has 0 aromatic rings. The number of hydrogen-bond donors (Lipinski definition) is 0. The summed E-state index contributed by atoms with van der Waals surface area (Å²) in [4.78, 5) is 13.4. The number of ether oxygens (including phenoxy) is 2. The summed E-state index contributed by atoms with van der Waals surface area (Å²) in [7, 11) is 0. The highest BCUT2D eigenvalue weighted by molar-refractivity contribution is 5.83. The van der Waals surface area contributed by atoms with Gasteiger partial charge in [0.05, 0.1) is 12.0 Å². The molecule has 0 N–H and O–H groups in total. The molecule has 9 unspecified atom stereocenters. The molecule has 9 atom stereocenters. The summed E-state index contributed by atoms with van der Waals surface area (Å²) in [6.07, 6.45) is 12.0. The molecule has 7 aliphatic rings. The first kappa shape index (κ1) is 15.1. The van der Waals surface area contributed by atoms with Crippen LogP contribution in [0.5, 0.6) is 0 Å². The van der Waals surface area contributed by atoms with Crippen LogP contribution in [0.25, 0.3) is 0 Å². The fourth-order valence-corrected chi connectivity index (χ4v) is 9.26.